The highest BCUT2D eigenvalue weighted by Gasteiger charge is 2.35. The fraction of sp³-hybridized carbons (Fsp3) is 0.250. The number of hydrogen-bond acceptors (Lipinski definition) is 2. The Morgan fingerprint density at radius 3 is 2.22 bits per heavy atom. The number of aliphatic hydroxyl groups is 1. The van der Waals surface area contributed by atoms with E-state index in [0.29, 0.717) is 12.1 Å². The van der Waals surface area contributed by atoms with Gasteiger partial charge in [-0.2, -0.15) is 13.2 Å². The third kappa shape index (κ3) is 4.92. The predicted molar refractivity (Wildman–Crippen MR) is 81.7 cm³/mol. The van der Waals surface area contributed by atoms with E-state index in [-0.39, 0.29) is 24.4 Å². The monoisotopic (exact) mass is 349 g/mol. The molecular formula is C16H16ClF4NO. The largest absolute Gasteiger partial charge is 0.419 e. The van der Waals surface area contributed by atoms with Gasteiger partial charge in [-0.3, -0.25) is 0 Å². The average molecular weight is 350 g/mol. The summed E-state index contributed by atoms with van der Waals surface area (Å²) < 4.78 is 51.3. The third-order valence-corrected chi connectivity index (χ3v) is 3.38. The lowest BCUT2D eigenvalue weighted by atomic mass is 9.95. The van der Waals surface area contributed by atoms with E-state index in [2.05, 4.69) is 0 Å². The van der Waals surface area contributed by atoms with Crippen LogP contribution in [0, 0.1) is 5.82 Å². The summed E-state index contributed by atoms with van der Waals surface area (Å²) in [6, 6.07) is 10.4. The molecule has 0 saturated carbocycles. The molecule has 0 saturated heterocycles. The summed E-state index contributed by atoms with van der Waals surface area (Å²) in [5.74, 6) is -1.36. The van der Waals surface area contributed by atoms with E-state index in [1.807, 2.05) is 6.07 Å². The van der Waals surface area contributed by atoms with Crippen LogP contribution in [0.15, 0.2) is 48.5 Å². The minimum Gasteiger partial charge on any atom is -0.391 e. The number of aliphatic hydroxyl groups excluding tert-OH is 1. The first-order valence-corrected chi connectivity index (χ1v) is 6.63. The fourth-order valence-electron chi connectivity index (χ4n) is 2.17. The van der Waals surface area contributed by atoms with Crippen molar-refractivity contribution in [2.75, 3.05) is 0 Å². The average Bonchev–Trinajstić information content (AvgIpc) is 2.47. The van der Waals surface area contributed by atoms with Crippen LogP contribution >= 0.6 is 12.4 Å². The van der Waals surface area contributed by atoms with Gasteiger partial charge < -0.3 is 10.8 Å². The van der Waals surface area contributed by atoms with Gasteiger partial charge in [-0.1, -0.05) is 36.4 Å². The Balaban J connectivity index is 0.00000264. The minimum atomic E-state index is -4.80. The van der Waals surface area contributed by atoms with Crippen LogP contribution in [0.25, 0.3) is 0 Å². The molecule has 2 aromatic carbocycles. The van der Waals surface area contributed by atoms with E-state index in [4.69, 9.17) is 5.73 Å². The van der Waals surface area contributed by atoms with Crippen molar-refractivity contribution in [1.29, 1.82) is 0 Å². The maximum absolute atomic E-state index is 13.3. The van der Waals surface area contributed by atoms with Crippen molar-refractivity contribution >= 4 is 12.4 Å². The molecule has 2 aromatic rings. The Bertz CT molecular complexity index is 634. The predicted octanol–water partition coefficient (Wildman–Crippen LogP) is 3.87. The maximum atomic E-state index is 13.3. The molecule has 2 atom stereocenters. The Hall–Kier alpha value is -1.63. The lowest BCUT2D eigenvalue weighted by molar-refractivity contribution is -0.140. The molecule has 0 heterocycles. The SMILES string of the molecule is Cl.N[C@H](c1ccc(F)c(C(F)(F)F)c1)[C@@H](O)Cc1ccccc1. The molecule has 0 spiro atoms. The third-order valence-electron chi connectivity index (χ3n) is 3.38. The molecule has 2 rings (SSSR count). The first-order valence-electron chi connectivity index (χ1n) is 6.63. The van der Waals surface area contributed by atoms with E-state index in [1.54, 1.807) is 24.3 Å². The topological polar surface area (TPSA) is 46.2 Å². The van der Waals surface area contributed by atoms with Gasteiger partial charge in [0.2, 0.25) is 0 Å². The van der Waals surface area contributed by atoms with Crippen molar-refractivity contribution in [3.05, 3.63) is 71.0 Å². The van der Waals surface area contributed by atoms with Gasteiger partial charge in [-0.25, -0.2) is 4.39 Å². The lowest BCUT2D eigenvalue weighted by Crippen LogP contribution is -2.28. The summed E-state index contributed by atoms with van der Waals surface area (Å²) in [4.78, 5) is 0. The van der Waals surface area contributed by atoms with Crippen LogP contribution in [0.2, 0.25) is 0 Å². The standard InChI is InChI=1S/C16H15F4NO.ClH/c17-13-7-6-11(9-12(13)16(18,19)20)15(21)14(22)8-10-4-2-1-3-5-10;/h1-7,9,14-15,22H,8,21H2;1H/t14-,15+;/m0./s1. The summed E-state index contributed by atoms with van der Waals surface area (Å²) in [6.07, 6.45) is -5.68. The van der Waals surface area contributed by atoms with E-state index in [9.17, 15) is 22.7 Å². The molecule has 2 nitrogen and oxygen atoms in total. The van der Waals surface area contributed by atoms with Gasteiger partial charge in [-0.15, -0.1) is 12.4 Å². The van der Waals surface area contributed by atoms with Gasteiger partial charge in [0.05, 0.1) is 17.7 Å². The Kier molecular flexibility index (Phi) is 6.56. The Morgan fingerprint density at radius 1 is 1.04 bits per heavy atom. The molecule has 0 aliphatic carbocycles. The van der Waals surface area contributed by atoms with Crippen LogP contribution in [0.1, 0.15) is 22.7 Å². The Morgan fingerprint density at radius 2 is 1.65 bits per heavy atom. The molecule has 0 amide bonds. The second-order valence-corrected chi connectivity index (χ2v) is 5.02. The van der Waals surface area contributed by atoms with E-state index in [0.717, 1.165) is 11.6 Å². The van der Waals surface area contributed by atoms with Crippen molar-refractivity contribution < 1.29 is 22.7 Å². The van der Waals surface area contributed by atoms with E-state index in [1.165, 1.54) is 0 Å². The molecule has 0 unspecified atom stereocenters. The summed E-state index contributed by atoms with van der Waals surface area (Å²) in [5, 5.41) is 10.1. The lowest BCUT2D eigenvalue weighted by Gasteiger charge is -2.20. The quantitative estimate of drug-likeness (QED) is 0.823. The summed E-state index contributed by atoms with van der Waals surface area (Å²) in [5.41, 5.74) is 5.27. The first-order chi connectivity index (χ1) is 10.3. The molecule has 23 heavy (non-hydrogen) atoms. The zero-order chi connectivity index (χ0) is 16.3. The maximum Gasteiger partial charge on any atom is 0.419 e. The van der Waals surface area contributed by atoms with Crippen LogP contribution in [0.5, 0.6) is 0 Å². The molecule has 126 valence electrons. The van der Waals surface area contributed by atoms with Crippen molar-refractivity contribution in [2.24, 2.45) is 5.73 Å². The van der Waals surface area contributed by atoms with Gasteiger partial charge in [0.15, 0.2) is 0 Å². The number of nitrogens with two attached hydrogens (primary N) is 1. The molecule has 0 aliphatic rings. The highest BCUT2D eigenvalue weighted by atomic mass is 35.5. The van der Waals surface area contributed by atoms with Gasteiger partial charge >= 0.3 is 6.18 Å². The molecule has 0 radical (unpaired) electrons. The van der Waals surface area contributed by atoms with Gasteiger partial charge in [-0.05, 0) is 23.3 Å². The highest BCUT2D eigenvalue weighted by Crippen LogP contribution is 2.33. The van der Waals surface area contributed by atoms with E-state index < -0.39 is 29.7 Å². The van der Waals surface area contributed by atoms with Crippen molar-refractivity contribution in [3.63, 3.8) is 0 Å². The summed E-state index contributed by atoms with van der Waals surface area (Å²) in [7, 11) is 0. The van der Waals surface area contributed by atoms with Crippen LogP contribution in [0.4, 0.5) is 17.6 Å². The molecule has 0 aromatic heterocycles. The van der Waals surface area contributed by atoms with Crippen molar-refractivity contribution in [1.82, 2.24) is 0 Å². The summed E-state index contributed by atoms with van der Waals surface area (Å²) in [6.45, 7) is 0. The van der Waals surface area contributed by atoms with Crippen LogP contribution in [-0.4, -0.2) is 11.2 Å². The van der Waals surface area contributed by atoms with Crippen LogP contribution < -0.4 is 5.73 Å². The number of alkyl halides is 3. The number of benzene rings is 2. The van der Waals surface area contributed by atoms with Crippen LogP contribution in [-0.2, 0) is 12.6 Å². The van der Waals surface area contributed by atoms with Crippen LogP contribution in [0.3, 0.4) is 0 Å². The second-order valence-electron chi connectivity index (χ2n) is 5.02. The zero-order valence-corrected chi connectivity index (χ0v) is 12.7. The molecule has 0 fully saturated rings. The fourth-order valence-corrected chi connectivity index (χ4v) is 2.17. The summed E-state index contributed by atoms with van der Waals surface area (Å²) >= 11 is 0. The second kappa shape index (κ2) is 7.77. The van der Waals surface area contributed by atoms with Gasteiger partial charge in [0.1, 0.15) is 5.82 Å². The molecule has 0 bridgehead atoms. The number of rotatable bonds is 4. The van der Waals surface area contributed by atoms with Crippen molar-refractivity contribution in [2.45, 2.75) is 24.7 Å². The van der Waals surface area contributed by atoms with Gasteiger partial charge in [0, 0.05) is 6.42 Å². The Labute approximate surface area is 137 Å². The molecule has 7 heteroatoms. The zero-order valence-electron chi connectivity index (χ0n) is 11.9. The molecule has 0 aliphatic heterocycles. The normalized spacial score (nSPS) is 14.0. The van der Waals surface area contributed by atoms with E-state index >= 15 is 0 Å². The first kappa shape index (κ1) is 19.4. The smallest absolute Gasteiger partial charge is 0.391 e. The van der Waals surface area contributed by atoms with Gasteiger partial charge in [0.25, 0.3) is 0 Å². The number of hydrogen-bond donors (Lipinski definition) is 2. The van der Waals surface area contributed by atoms with Crippen molar-refractivity contribution in [3.8, 4) is 0 Å². The minimum absolute atomic E-state index is 0. The highest BCUT2D eigenvalue weighted by molar-refractivity contribution is 5.85. The molecule has 3 N–H and O–H groups in total. The molecular weight excluding hydrogens is 334 g/mol. The number of halogens is 5.